The van der Waals surface area contributed by atoms with Crippen molar-refractivity contribution < 1.29 is 9.53 Å². The second kappa shape index (κ2) is 5.71. The number of hydrogen-bond acceptors (Lipinski definition) is 3. The first kappa shape index (κ1) is 13.4. The average molecular weight is 277 g/mol. The highest BCUT2D eigenvalue weighted by Crippen LogP contribution is 2.23. The van der Waals surface area contributed by atoms with Crippen molar-refractivity contribution in [3.63, 3.8) is 0 Å². The van der Waals surface area contributed by atoms with Gasteiger partial charge in [-0.15, -0.1) is 0 Å². The van der Waals surface area contributed by atoms with Gasteiger partial charge in [0.05, 0.1) is 12.7 Å². The molecule has 1 amide bonds. The second-order valence-electron chi connectivity index (χ2n) is 3.97. The van der Waals surface area contributed by atoms with Crippen molar-refractivity contribution in [3.8, 4) is 5.75 Å². The van der Waals surface area contributed by atoms with E-state index in [1.807, 2.05) is 19.1 Å². The monoisotopic (exact) mass is 276 g/mol. The summed E-state index contributed by atoms with van der Waals surface area (Å²) in [5, 5.41) is 3.22. The van der Waals surface area contributed by atoms with Gasteiger partial charge >= 0.3 is 0 Å². The molecule has 0 radical (unpaired) electrons. The van der Waals surface area contributed by atoms with E-state index in [1.165, 1.54) is 7.11 Å². The molecule has 2 aromatic rings. The minimum Gasteiger partial charge on any atom is -0.496 e. The molecule has 0 spiro atoms. The van der Waals surface area contributed by atoms with Crippen molar-refractivity contribution in [2.24, 2.45) is 0 Å². The number of rotatable bonds is 3. The molecule has 0 aliphatic heterocycles. The normalized spacial score (nSPS) is 10.1. The molecule has 0 atom stereocenters. The Bertz CT molecular complexity index is 614. The fourth-order valence-electron chi connectivity index (χ4n) is 1.65. The summed E-state index contributed by atoms with van der Waals surface area (Å²) in [6.45, 7) is 1.87. The first-order valence-corrected chi connectivity index (χ1v) is 6.06. The number of methoxy groups -OCH3 is 1. The van der Waals surface area contributed by atoms with Crippen LogP contribution in [0.3, 0.4) is 0 Å². The molecule has 0 aliphatic rings. The maximum absolute atomic E-state index is 12.2. The Hall–Kier alpha value is -2.07. The van der Waals surface area contributed by atoms with E-state index in [4.69, 9.17) is 16.3 Å². The highest BCUT2D eigenvalue weighted by Gasteiger charge is 2.14. The number of aromatic nitrogens is 1. The van der Waals surface area contributed by atoms with Crippen molar-refractivity contribution in [1.82, 2.24) is 4.98 Å². The van der Waals surface area contributed by atoms with E-state index in [9.17, 15) is 4.79 Å². The Balaban J connectivity index is 2.30. The maximum atomic E-state index is 12.2. The molecule has 0 saturated heterocycles. The third kappa shape index (κ3) is 3.03. The third-order valence-electron chi connectivity index (χ3n) is 2.65. The lowest BCUT2D eigenvalue weighted by Crippen LogP contribution is -2.15. The van der Waals surface area contributed by atoms with E-state index in [2.05, 4.69) is 10.3 Å². The quantitative estimate of drug-likeness (QED) is 0.936. The molecule has 0 saturated carbocycles. The number of nitrogens with one attached hydrogen (secondary N) is 1. The Labute approximate surface area is 116 Å². The van der Waals surface area contributed by atoms with Crippen molar-refractivity contribution in [3.05, 3.63) is 52.7 Å². The largest absolute Gasteiger partial charge is 0.496 e. The van der Waals surface area contributed by atoms with Gasteiger partial charge in [-0.2, -0.15) is 0 Å². The SMILES string of the molecule is COc1ccc(Cl)cc1C(=O)Nc1ncccc1C. The van der Waals surface area contributed by atoms with Gasteiger partial charge in [0.1, 0.15) is 11.6 Å². The van der Waals surface area contributed by atoms with E-state index in [-0.39, 0.29) is 5.91 Å². The number of benzene rings is 1. The number of aryl methyl sites for hydroxylation is 1. The fourth-order valence-corrected chi connectivity index (χ4v) is 1.82. The van der Waals surface area contributed by atoms with Gasteiger partial charge in [-0.1, -0.05) is 17.7 Å². The summed E-state index contributed by atoms with van der Waals surface area (Å²) in [6, 6.07) is 8.57. The lowest BCUT2D eigenvalue weighted by Gasteiger charge is -2.10. The van der Waals surface area contributed by atoms with Crippen LogP contribution in [-0.2, 0) is 0 Å². The summed E-state index contributed by atoms with van der Waals surface area (Å²) in [5.74, 6) is 0.686. The van der Waals surface area contributed by atoms with Gasteiger partial charge in [0, 0.05) is 11.2 Å². The lowest BCUT2D eigenvalue weighted by atomic mass is 10.2. The fraction of sp³-hybridized carbons (Fsp3) is 0.143. The molecule has 1 aromatic heterocycles. The molecule has 1 heterocycles. The molecule has 0 fully saturated rings. The van der Waals surface area contributed by atoms with Crippen LogP contribution in [0.15, 0.2) is 36.5 Å². The van der Waals surface area contributed by atoms with Crippen LogP contribution in [-0.4, -0.2) is 18.0 Å². The zero-order valence-electron chi connectivity index (χ0n) is 10.6. The summed E-state index contributed by atoms with van der Waals surface area (Å²) in [4.78, 5) is 16.3. The minimum absolute atomic E-state index is 0.304. The van der Waals surface area contributed by atoms with Crippen LogP contribution < -0.4 is 10.1 Å². The minimum atomic E-state index is -0.304. The van der Waals surface area contributed by atoms with Crippen molar-refractivity contribution >= 4 is 23.3 Å². The lowest BCUT2D eigenvalue weighted by molar-refractivity contribution is 0.102. The summed E-state index contributed by atoms with van der Waals surface area (Å²) in [7, 11) is 1.51. The molecular formula is C14H13ClN2O2. The van der Waals surface area contributed by atoms with E-state index in [1.54, 1.807) is 24.4 Å². The van der Waals surface area contributed by atoms with Gasteiger partial charge < -0.3 is 10.1 Å². The second-order valence-corrected chi connectivity index (χ2v) is 4.40. The molecule has 0 bridgehead atoms. The van der Waals surface area contributed by atoms with Crippen LogP contribution in [0.5, 0.6) is 5.75 Å². The van der Waals surface area contributed by atoms with Gasteiger partial charge in [0.2, 0.25) is 0 Å². The number of anilines is 1. The number of carbonyl (C=O) groups excluding carboxylic acids is 1. The first-order valence-electron chi connectivity index (χ1n) is 5.68. The van der Waals surface area contributed by atoms with Crippen LogP contribution in [0.25, 0.3) is 0 Å². The Morgan fingerprint density at radius 1 is 1.37 bits per heavy atom. The van der Waals surface area contributed by atoms with Gasteiger partial charge in [0.25, 0.3) is 5.91 Å². The highest BCUT2D eigenvalue weighted by atomic mass is 35.5. The van der Waals surface area contributed by atoms with Crippen LogP contribution in [0.4, 0.5) is 5.82 Å². The molecule has 98 valence electrons. The molecule has 2 rings (SSSR count). The number of pyridine rings is 1. The Morgan fingerprint density at radius 2 is 2.16 bits per heavy atom. The van der Waals surface area contributed by atoms with Gasteiger partial charge in [0.15, 0.2) is 0 Å². The molecule has 5 heteroatoms. The van der Waals surface area contributed by atoms with E-state index in [0.717, 1.165) is 5.56 Å². The van der Waals surface area contributed by atoms with Crippen molar-refractivity contribution in [2.75, 3.05) is 12.4 Å². The molecule has 4 nitrogen and oxygen atoms in total. The zero-order chi connectivity index (χ0) is 13.8. The number of amides is 1. The van der Waals surface area contributed by atoms with Crippen LogP contribution in [0.1, 0.15) is 15.9 Å². The van der Waals surface area contributed by atoms with Gasteiger partial charge in [-0.3, -0.25) is 4.79 Å². The highest BCUT2D eigenvalue weighted by molar-refractivity contribution is 6.31. The number of hydrogen-bond donors (Lipinski definition) is 1. The first-order chi connectivity index (χ1) is 9.11. The maximum Gasteiger partial charge on any atom is 0.260 e. The number of nitrogens with zero attached hydrogens (tertiary/aromatic N) is 1. The summed E-state index contributed by atoms with van der Waals surface area (Å²) in [6.07, 6.45) is 1.62. The number of halogens is 1. The Kier molecular flexibility index (Phi) is 4.02. The molecule has 1 aromatic carbocycles. The van der Waals surface area contributed by atoms with Crippen LogP contribution in [0.2, 0.25) is 5.02 Å². The molecule has 0 unspecified atom stereocenters. The molecule has 0 aliphatic carbocycles. The predicted octanol–water partition coefficient (Wildman–Crippen LogP) is 3.30. The van der Waals surface area contributed by atoms with Gasteiger partial charge in [-0.25, -0.2) is 4.98 Å². The van der Waals surface area contributed by atoms with Crippen molar-refractivity contribution in [2.45, 2.75) is 6.92 Å². The van der Waals surface area contributed by atoms with Crippen LogP contribution in [0, 0.1) is 6.92 Å². The zero-order valence-corrected chi connectivity index (χ0v) is 11.4. The Morgan fingerprint density at radius 3 is 2.84 bits per heavy atom. The summed E-state index contributed by atoms with van der Waals surface area (Å²) in [5.41, 5.74) is 1.26. The van der Waals surface area contributed by atoms with E-state index in [0.29, 0.717) is 22.2 Å². The smallest absolute Gasteiger partial charge is 0.260 e. The average Bonchev–Trinajstić information content (AvgIpc) is 2.41. The standard InChI is InChI=1S/C14H13ClN2O2/c1-9-4-3-7-16-13(9)17-14(18)11-8-10(15)5-6-12(11)19-2/h3-8H,1-2H3,(H,16,17,18). The number of ether oxygens (including phenoxy) is 1. The van der Waals surface area contributed by atoms with Crippen LogP contribution >= 0.6 is 11.6 Å². The molecule has 1 N–H and O–H groups in total. The predicted molar refractivity (Wildman–Crippen MR) is 74.9 cm³/mol. The van der Waals surface area contributed by atoms with Gasteiger partial charge in [-0.05, 0) is 36.8 Å². The number of carbonyl (C=O) groups is 1. The third-order valence-corrected chi connectivity index (χ3v) is 2.88. The topological polar surface area (TPSA) is 51.2 Å². The molecular weight excluding hydrogens is 264 g/mol. The van der Waals surface area contributed by atoms with E-state index < -0.39 is 0 Å². The molecule has 19 heavy (non-hydrogen) atoms. The summed E-state index contributed by atoms with van der Waals surface area (Å²) >= 11 is 5.90. The van der Waals surface area contributed by atoms with E-state index >= 15 is 0 Å². The summed E-state index contributed by atoms with van der Waals surface area (Å²) < 4.78 is 5.15. The van der Waals surface area contributed by atoms with Crippen molar-refractivity contribution in [1.29, 1.82) is 0 Å².